The van der Waals surface area contributed by atoms with Crippen LogP contribution in [-0.2, 0) is 10.0 Å². The van der Waals surface area contributed by atoms with Crippen molar-refractivity contribution in [1.29, 1.82) is 0 Å². The quantitative estimate of drug-likeness (QED) is 0.370. The molecule has 0 fully saturated rings. The number of rotatable bonds is 8. The van der Waals surface area contributed by atoms with Crippen LogP contribution in [0.4, 0.5) is 11.4 Å². The third-order valence-corrected chi connectivity index (χ3v) is 6.57. The van der Waals surface area contributed by atoms with Crippen molar-refractivity contribution in [1.82, 2.24) is 4.31 Å². The third-order valence-electron chi connectivity index (χ3n) is 3.80. The Morgan fingerprint density at radius 1 is 1.22 bits per heavy atom. The van der Waals surface area contributed by atoms with E-state index < -0.39 is 14.9 Å². The van der Waals surface area contributed by atoms with Crippen LogP contribution in [0.3, 0.4) is 0 Å². The van der Waals surface area contributed by atoms with Crippen molar-refractivity contribution in [3.63, 3.8) is 0 Å². The van der Waals surface area contributed by atoms with Crippen molar-refractivity contribution in [3.8, 4) is 0 Å². The van der Waals surface area contributed by atoms with Crippen molar-refractivity contribution in [2.24, 2.45) is 5.10 Å². The Morgan fingerprint density at radius 2 is 1.89 bits per heavy atom. The van der Waals surface area contributed by atoms with Gasteiger partial charge in [-0.05, 0) is 18.2 Å². The van der Waals surface area contributed by atoms with Crippen molar-refractivity contribution in [2.75, 3.05) is 18.5 Å². The van der Waals surface area contributed by atoms with E-state index in [4.69, 9.17) is 0 Å². The van der Waals surface area contributed by atoms with Gasteiger partial charge in [-0.25, -0.2) is 8.42 Å². The molecule has 0 bridgehead atoms. The fourth-order valence-corrected chi connectivity index (χ4v) is 4.25. The van der Waals surface area contributed by atoms with Crippen LogP contribution in [0.25, 0.3) is 0 Å². The highest BCUT2D eigenvalue weighted by atomic mass is 79.9. The first-order valence-electron chi connectivity index (χ1n) is 8.13. The lowest BCUT2D eigenvalue weighted by Crippen LogP contribution is -2.30. The molecule has 27 heavy (non-hydrogen) atoms. The molecular weight excluding hydrogens is 436 g/mol. The highest BCUT2D eigenvalue weighted by molar-refractivity contribution is 9.10. The average molecular weight is 455 g/mol. The van der Waals surface area contributed by atoms with Gasteiger partial charge in [-0.1, -0.05) is 48.0 Å². The van der Waals surface area contributed by atoms with Crippen LogP contribution in [0.1, 0.15) is 19.4 Å². The van der Waals surface area contributed by atoms with Gasteiger partial charge in [0, 0.05) is 29.2 Å². The van der Waals surface area contributed by atoms with E-state index in [1.165, 1.54) is 22.7 Å². The number of sulfonamides is 1. The summed E-state index contributed by atoms with van der Waals surface area (Å²) in [6.07, 6.45) is 1.51. The maximum atomic E-state index is 12.6. The largest absolute Gasteiger partial charge is 0.295 e. The second kappa shape index (κ2) is 9.07. The predicted octanol–water partition coefficient (Wildman–Crippen LogP) is 3.83. The lowest BCUT2D eigenvalue weighted by molar-refractivity contribution is -0.384. The summed E-state index contributed by atoms with van der Waals surface area (Å²) in [4.78, 5) is 10.6. The number of nitrogens with zero attached hydrogens (tertiary/aromatic N) is 3. The zero-order valence-corrected chi connectivity index (χ0v) is 17.2. The molecule has 0 unspecified atom stereocenters. The van der Waals surface area contributed by atoms with E-state index in [1.807, 2.05) is 24.3 Å². The number of hydrogen-bond donors (Lipinski definition) is 1. The van der Waals surface area contributed by atoms with Crippen LogP contribution >= 0.6 is 15.9 Å². The van der Waals surface area contributed by atoms with Crippen LogP contribution in [0, 0.1) is 10.1 Å². The molecule has 0 saturated heterocycles. The molecular formula is C17H19BrN4O4S. The van der Waals surface area contributed by atoms with E-state index in [-0.39, 0.29) is 29.4 Å². The van der Waals surface area contributed by atoms with Gasteiger partial charge in [0.25, 0.3) is 5.69 Å². The monoisotopic (exact) mass is 454 g/mol. The maximum absolute atomic E-state index is 12.6. The molecule has 0 aliphatic heterocycles. The zero-order valence-electron chi connectivity index (χ0n) is 14.8. The first kappa shape index (κ1) is 21.0. The minimum absolute atomic E-state index is 0.0989. The Bertz CT molecular complexity index is 959. The Labute approximate surface area is 166 Å². The van der Waals surface area contributed by atoms with Gasteiger partial charge >= 0.3 is 0 Å². The molecule has 0 aliphatic carbocycles. The molecule has 0 saturated carbocycles. The number of anilines is 1. The van der Waals surface area contributed by atoms with Gasteiger partial charge in [0.15, 0.2) is 0 Å². The molecule has 8 nitrogen and oxygen atoms in total. The molecule has 2 rings (SSSR count). The van der Waals surface area contributed by atoms with Crippen LogP contribution in [0.5, 0.6) is 0 Å². The Kier molecular flexibility index (Phi) is 7.05. The highest BCUT2D eigenvalue weighted by Crippen LogP contribution is 2.29. The second-order valence-corrected chi connectivity index (χ2v) is 8.21. The summed E-state index contributed by atoms with van der Waals surface area (Å²) in [6.45, 7) is 3.98. The number of nitro groups is 1. The topological polar surface area (TPSA) is 105 Å². The third kappa shape index (κ3) is 4.90. The van der Waals surface area contributed by atoms with Gasteiger partial charge < -0.3 is 0 Å². The first-order valence-corrected chi connectivity index (χ1v) is 10.4. The van der Waals surface area contributed by atoms with E-state index in [1.54, 1.807) is 13.8 Å². The van der Waals surface area contributed by atoms with Crippen molar-refractivity contribution in [2.45, 2.75) is 18.7 Å². The summed E-state index contributed by atoms with van der Waals surface area (Å²) in [5.74, 6) is 0. The van der Waals surface area contributed by atoms with Gasteiger partial charge in [0.1, 0.15) is 5.69 Å². The summed E-state index contributed by atoms with van der Waals surface area (Å²) in [7, 11) is -3.79. The summed E-state index contributed by atoms with van der Waals surface area (Å²) in [5, 5.41) is 15.4. The number of halogens is 1. The van der Waals surface area contributed by atoms with Crippen molar-refractivity contribution in [3.05, 3.63) is 62.6 Å². The zero-order chi connectivity index (χ0) is 20.0. The van der Waals surface area contributed by atoms with Crippen molar-refractivity contribution >= 4 is 43.5 Å². The van der Waals surface area contributed by atoms with Gasteiger partial charge in [-0.3, -0.25) is 15.5 Å². The maximum Gasteiger partial charge on any atom is 0.295 e. The molecule has 0 radical (unpaired) electrons. The van der Waals surface area contributed by atoms with E-state index in [9.17, 15) is 18.5 Å². The minimum Gasteiger partial charge on any atom is -0.272 e. The molecule has 0 atom stereocenters. The Balaban J connectivity index is 2.34. The minimum atomic E-state index is -3.79. The average Bonchev–Trinajstić information content (AvgIpc) is 2.64. The number of benzene rings is 2. The summed E-state index contributed by atoms with van der Waals surface area (Å²) in [5.41, 5.74) is 3.12. The number of nitro benzene ring substituents is 1. The van der Waals surface area contributed by atoms with Crippen LogP contribution in [0.15, 0.2) is 56.9 Å². The van der Waals surface area contributed by atoms with E-state index in [2.05, 4.69) is 26.5 Å². The fraction of sp³-hybridized carbons (Fsp3) is 0.235. The molecule has 0 spiro atoms. The smallest absolute Gasteiger partial charge is 0.272 e. The molecule has 0 aromatic heterocycles. The fourth-order valence-electron chi connectivity index (χ4n) is 2.38. The number of hydrogen-bond acceptors (Lipinski definition) is 6. The SMILES string of the molecule is CCN(CC)S(=O)(=O)c1ccc(NN=Cc2ccccc2Br)c([N+](=O)[O-])c1. The van der Waals surface area contributed by atoms with E-state index in [0.717, 1.165) is 16.1 Å². The molecule has 0 aliphatic rings. The standard InChI is InChI=1S/C17H19BrN4O4S/c1-3-21(4-2)27(25,26)14-9-10-16(17(11-14)22(23)24)20-19-12-13-7-5-6-8-15(13)18/h5-12,20H,3-4H2,1-2H3. The second-order valence-electron chi connectivity index (χ2n) is 5.42. The molecule has 144 valence electrons. The molecule has 0 heterocycles. The molecule has 1 N–H and O–H groups in total. The Hall–Kier alpha value is -2.30. The van der Waals surface area contributed by atoms with Gasteiger partial charge in [0.2, 0.25) is 10.0 Å². The summed E-state index contributed by atoms with van der Waals surface area (Å²) >= 11 is 3.38. The predicted molar refractivity (Wildman–Crippen MR) is 109 cm³/mol. The van der Waals surface area contributed by atoms with E-state index in [0.29, 0.717) is 0 Å². The molecule has 0 amide bonds. The molecule has 2 aromatic carbocycles. The summed E-state index contributed by atoms with van der Waals surface area (Å²) in [6, 6.07) is 11.1. The lowest BCUT2D eigenvalue weighted by Gasteiger charge is -2.18. The lowest BCUT2D eigenvalue weighted by atomic mass is 10.2. The van der Waals surface area contributed by atoms with E-state index >= 15 is 0 Å². The van der Waals surface area contributed by atoms with Gasteiger partial charge in [0.05, 0.1) is 16.0 Å². The normalized spacial score (nSPS) is 11.9. The van der Waals surface area contributed by atoms with Gasteiger partial charge in [-0.15, -0.1) is 0 Å². The van der Waals surface area contributed by atoms with Crippen LogP contribution in [0.2, 0.25) is 0 Å². The highest BCUT2D eigenvalue weighted by Gasteiger charge is 2.25. The first-order chi connectivity index (χ1) is 12.8. The number of nitrogens with one attached hydrogen (secondary N) is 1. The molecule has 10 heteroatoms. The Morgan fingerprint density at radius 3 is 2.48 bits per heavy atom. The van der Waals surface area contributed by atoms with Gasteiger partial charge in [-0.2, -0.15) is 9.41 Å². The number of hydrazone groups is 1. The molecule has 2 aromatic rings. The van der Waals surface area contributed by atoms with Crippen LogP contribution in [-0.4, -0.2) is 37.0 Å². The van der Waals surface area contributed by atoms with Crippen molar-refractivity contribution < 1.29 is 13.3 Å². The summed E-state index contributed by atoms with van der Waals surface area (Å²) < 4.78 is 27.2. The van der Waals surface area contributed by atoms with Crippen LogP contribution < -0.4 is 5.43 Å².